The second-order valence-electron chi connectivity index (χ2n) is 6.65. The molecule has 1 saturated carbocycles. The van der Waals surface area contributed by atoms with Gasteiger partial charge in [0.05, 0.1) is 6.54 Å². The Labute approximate surface area is 155 Å². The third-order valence-electron chi connectivity index (χ3n) is 4.87. The minimum atomic E-state index is -3.74. The molecule has 3 heterocycles. The smallest absolute Gasteiger partial charge is 0.250 e. The number of carbonyl (C=O) groups excluding carboxylic acids is 1. The van der Waals surface area contributed by atoms with Crippen LogP contribution in [0.1, 0.15) is 43.9 Å². The summed E-state index contributed by atoms with van der Waals surface area (Å²) in [6.07, 6.45) is 5.23. The van der Waals surface area contributed by atoms with Crippen LogP contribution in [-0.2, 0) is 14.8 Å². The van der Waals surface area contributed by atoms with E-state index in [1.54, 1.807) is 10.3 Å². The normalized spacial score (nSPS) is 18.2. The van der Waals surface area contributed by atoms with E-state index in [2.05, 4.69) is 14.9 Å². The van der Waals surface area contributed by atoms with Crippen LogP contribution in [0.5, 0.6) is 0 Å². The summed E-state index contributed by atoms with van der Waals surface area (Å²) in [5.74, 6) is 1.16. The minimum Gasteiger partial charge on any atom is -0.342 e. The zero-order valence-corrected chi connectivity index (χ0v) is 15.8. The average molecular weight is 396 g/mol. The molecule has 0 unspecified atom stereocenters. The molecule has 0 aromatic carbocycles. The second kappa shape index (κ2) is 7.09. The third kappa shape index (κ3) is 3.53. The summed E-state index contributed by atoms with van der Waals surface area (Å²) in [6.45, 7) is 1.18. The third-order valence-corrected chi connectivity index (χ3v) is 7.71. The SMILES string of the molecule is O=C(CNS(=O)(=O)c1cc(-c2noc(C3CCC3)n2)cs1)N1CCCC1. The Morgan fingerprint density at radius 3 is 2.77 bits per heavy atom. The first kappa shape index (κ1) is 17.6. The highest BCUT2D eigenvalue weighted by Crippen LogP contribution is 2.36. The van der Waals surface area contributed by atoms with Crippen molar-refractivity contribution >= 4 is 27.3 Å². The van der Waals surface area contributed by atoms with Crippen molar-refractivity contribution in [3.8, 4) is 11.4 Å². The highest BCUT2D eigenvalue weighted by atomic mass is 32.2. The number of nitrogens with one attached hydrogen (secondary N) is 1. The van der Waals surface area contributed by atoms with Crippen molar-refractivity contribution in [2.24, 2.45) is 0 Å². The van der Waals surface area contributed by atoms with Crippen LogP contribution in [0.15, 0.2) is 20.2 Å². The standard InChI is InChI=1S/C16H20N4O4S2/c21-13(20-6-1-2-7-20)9-17-26(22,23)14-8-12(10-25-14)15-18-16(24-19-15)11-4-3-5-11/h8,10-11,17H,1-7,9H2. The lowest BCUT2D eigenvalue weighted by Gasteiger charge is -2.20. The van der Waals surface area contributed by atoms with E-state index in [1.807, 2.05) is 0 Å². The summed E-state index contributed by atoms with van der Waals surface area (Å²) < 4.78 is 32.7. The predicted molar refractivity (Wildman–Crippen MR) is 95.2 cm³/mol. The van der Waals surface area contributed by atoms with E-state index in [0.29, 0.717) is 36.3 Å². The Morgan fingerprint density at radius 1 is 1.31 bits per heavy atom. The highest BCUT2D eigenvalue weighted by molar-refractivity contribution is 7.91. The predicted octanol–water partition coefficient (Wildman–Crippen LogP) is 1.97. The van der Waals surface area contributed by atoms with E-state index in [4.69, 9.17) is 4.52 Å². The summed E-state index contributed by atoms with van der Waals surface area (Å²) in [5.41, 5.74) is 0.607. The maximum atomic E-state index is 12.4. The number of thiophene rings is 1. The van der Waals surface area contributed by atoms with Gasteiger partial charge in [-0.25, -0.2) is 13.1 Å². The Bertz CT molecular complexity index is 895. The molecule has 2 aliphatic rings. The van der Waals surface area contributed by atoms with Gasteiger partial charge in [-0.15, -0.1) is 11.3 Å². The molecule has 1 aliphatic carbocycles. The summed E-state index contributed by atoms with van der Waals surface area (Å²) in [5, 5.41) is 5.64. The fourth-order valence-electron chi connectivity index (χ4n) is 3.05. The molecule has 0 bridgehead atoms. The van der Waals surface area contributed by atoms with Crippen molar-refractivity contribution in [1.29, 1.82) is 0 Å². The van der Waals surface area contributed by atoms with Crippen LogP contribution in [-0.4, -0.2) is 49.0 Å². The van der Waals surface area contributed by atoms with Crippen LogP contribution in [0.2, 0.25) is 0 Å². The number of amides is 1. The van der Waals surface area contributed by atoms with Crippen molar-refractivity contribution in [1.82, 2.24) is 19.8 Å². The van der Waals surface area contributed by atoms with Gasteiger partial charge in [-0.2, -0.15) is 4.98 Å². The van der Waals surface area contributed by atoms with Gasteiger partial charge in [-0.05, 0) is 31.7 Å². The molecule has 1 saturated heterocycles. The molecule has 2 fully saturated rings. The zero-order chi connectivity index (χ0) is 18.1. The second-order valence-corrected chi connectivity index (χ2v) is 9.56. The average Bonchev–Trinajstić information content (AvgIpc) is 3.29. The highest BCUT2D eigenvalue weighted by Gasteiger charge is 2.27. The molecule has 0 atom stereocenters. The number of carbonyl (C=O) groups is 1. The molecule has 1 aliphatic heterocycles. The Kier molecular flexibility index (Phi) is 4.80. The Hall–Kier alpha value is -1.78. The van der Waals surface area contributed by atoms with Crippen molar-refractivity contribution in [3.63, 3.8) is 0 Å². The fraction of sp³-hybridized carbons (Fsp3) is 0.562. The summed E-state index contributed by atoms with van der Waals surface area (Å²) >= 11 is 1.08. The van der Waals surface area contributed by atoms with Crippen molar-refractivity contribution in [3.05, 3.63) is 17.3 Å². The monoisotopic (exact) mass is 396 g/mol. The van der Waals surface area contributed by atoms with Crippen LogP contribution >= 0.6 is 11.3 Å². The van der Waals surface area contributed by atoms with Gasteiger partial charge in [-0.1, -0.05) is 11.6 Å². The topological polar surface area (TPSA) is 105 Å². The molecular weight excluding hydrogens is 376 g/mol. The fourth-order valence-corrected chi connectivity index (χ4v) is 5.23. The Balaban J connectivity index is 1.42. The first-order valence-electron chi connectivity index (χ1n) is 8.73. The number of sulfonamides is 1. The van der Waals surface area contributed by atoms with Crippen molar-refractivity contribution < 1.29 is 17.7 Å². The zero-order valence-electron chi connectivity index (χ0n) is 14.2. The van der Waals surface area contributed by atoms with Gasteiger partial charge in [0.1, 0.15) is 4.21 Å². The first-order chi connectivity index (χ1) is 12.5. The van der Waals surface area contributed by atoms with E-state index < -0.39 is 10.0 Å². The molecule has 8 nitrogen and oxygen atoms in total. The lowest BCUT2D eigenvalue weighted by molar-refractivity contribution is -0.128. The molecule has 0 radical (unpaired) electrons. The molecule has 4 rings (SSSR count). The van der Waals surface area contributed by atoms with E-state index in [-0.39, 0.29) is 16.7 Å². The number of hydrogen-bond donors (Lipinski definition) is 1. The molecule has 1 N–H and O–H groups in total. The maximum Gasteiger partial charge on any atom is 0.250 e. The summed E-state index contributed by atoms with van der Waals surface area (Å²) in [7, 11) is -3.74. The van der Waals surface area contributed by atoms with Gasteiger partial charge in [0.2, 0.25) is 17.6 Å². The van der Waals surface area contributed by atoms with E-state index in [0.717, 1.165) is 37.0 Å². The summed E-state index contributed by atoms with van der Waals surface area (Å²) in [4.78, 5) is 18.1. The summed E-state index contributed by atoms with van der Waals surface area (Å²) in [6, 6.07) is 1.52. The van der Waals surface area contributed by atoms with Gasteiger partial charge < -0.3 is 9.42 Å². The van der Waals surface area contributed by atoms with E-state index >= 15 is 0 Å². The lowest BCUT2D eigenvalue weighted by atomic mass is 9.85. The molecule has 1 amide bonds. The van der Waals surface area contributed by atoms with E-state index in [1.165, 1.54) is 12.5 Å². The largest absolute Gasteiger partial charge is 0.342 e. The lowest BCUT2D eigenvalue weighted by Crippen LogP contribution is -2.38. The first-order valence-corrected chi connectivity index (χ1v) is 11.1. The van der Waals surface area contributed by atoms with Gasteiger partial charge in [0, 0.05) is 30.0 Å². The van der Waals surface area contributed by atoms with Gasteiger partial charge in [0.15, 0.2) is 0 Å². The molecule has 0 spiro atoms. The number of aromatic nitrogens is 2. The van der Waals surface area contributed by atoms with Crippen molar-refractivity contribution in [2.45, 2.75) is 42.2 Å². The van der Waals surface area contributed by atoms with Crippen LogP contribution in [0.3, 0.4) is 0 Å². The minimum absolute atomic E-state index is 0.136. The molecule has 10 heteroatoms. The molecular formula is C16H20N4O4S2. The van der Waals surface area contributed by atoms with Crippen molar-refractivity contribution in [2.75, 3.05) is 19.6 Å². The molecule has 140 valence electrons. The molecule has 2 aromatic heterocycles. The molecule has 26 heavy (non-hydrogen) atoms. The number of hydrogen-bond acceptors (Lipinski definition) is 7. The van der Waals surface area contributed by atoms with E-state index in [9.17, 15) is 13.2 Å². The number of likely N-dealkylation sites (tertiary alicyclic amines) is 1. The van der Waals surface area contributed by atoms with Gasteiger partial charge in [-0.3, -0.25) is 4.79 Å². The van der Waals surface area contributed by atoms with Crippen LogP contribution in [0, 0.1) is 0 Å². The Morgan fingerprint density at radius 2 is 2.08 bits per heavy atom. The van der Waals surface area contributed by atoms with Crippen LogP contribution in [0.4, 0.5) is 0 Å². The van der Waals surface area contributed by atoms with Gasteiger partial charge >= 0.3 is 0 Å². The quantitative estimate of drug-likeness (QED) is 0.800. The number of rotatable bonds is 6. The van der Waals surface area contributed by atoms with Gasteiger partial charge in [0.25, 0.3) is 10.0 Å². The van der Waals surface area contributed by atoms with Crippen LogP contribution < -0.4 is 4.72 Å². The maximum absolute atomic E-state index is 12.4. The number of nitrogens with zero attached hydrogens (tertiary/aromatic N) is 3. The molecule has 2 aromatic rings. The van der Waals surface area contributed by atoms with Crippen LogP contribution in [0.25, 0.3) is 11.4 Å².